The van der Waals surface area contributed by atoms with Gasteiger partial charge >= 0.3 is 24.7 Å². The van der Waals surface area contributed by atoms with Crippen LogP contribution in [-0.2, 0) is 31.1 Å². The number of nitrogens with one attached hydrogen (secondary N) is 2. The lowest BCUT2D eigenvalue weighted by molar-refractivity contribution is -0.145. The monoisotopic (exact) mass is 870 g/mol. The van der Waals surface area contributed by atoms with E-state index in [1.54, 1.807) is 0 Å². The highest BCUT2D eigenvalue weighted by molar-refractivity contribution is 5.98. The molecule has 3 saturated carbocycles. The number of carbonyl (C=O) groups excluding carboxylic acids is 2. The molecule has 7 rings (SSSR count). The molecule has 5 fully saturated rings. The van der Waals surface area contributed by atoms with Crippen molar-refractivity contribution in [2.24, 2.45) is 0 Å². The minimum atomic E-state index is -5.07. The second-order valence-electron chi connectivity index (χ2n) is 16.7. The van der Waals surface area contributed by atoms with Crippen LogP contribution < -0.4 is 10.6 Å². The van der Waals surface area contributed by atoms with E-state index in [9.17, 15) is 62.3 Å². The third kappa shape index (κ3) is 10.7. The topological polar surface area (TPSA) is 64.7 Å². The van der Waals surface area contributed by atoms with Crippen LogP contribution in [0.5, 0.6) is 0 Å². The summed E-state index contributed by atoms with van der Waals surface area (Å²) in [7, 11) is 0. The van der Waals surface area contributed by atoms with Crippen LogP contribution in [0.3, 0.4) is 0 Å². The van der Waals surface area contributed by atoms with Crippen LogP contribution in [0.2, 0.25) is 0 Å². The van der Waals surface area contributed by atoms with E-state index in [0.717, 1.165) is 90.0 Å². The molecule has 334 valence electrons. The summed E-state index contributed by atoms with van der Waals surface area (Å²) in [5.74, 6) is -2.29. The standard InChI is InChI=1S/C22H26F6N2O.C20H24F6N2O/c23-21(24,25)14-11-15(13-7-8-13)19(16(12-14)22(26,27)28)20(31)29-17-5-1-2-6-18(17)30-9-3-4-10-30;1-2-12-10-13(19(21,22)23)11-14(20(24,25)26)17(12)18(29)27-15-6-5-7-16(15)28-8-3-4-9-28/h11-13,17-18H,1-10H2,(H,29,31);10-11,15-16H,2-9H2,1H3,(H,27,29)/t17-,18+;/m1./s1. The van der Waals surface area contributed by atoms with Crippen LogP contribution >= 0.6 is 0 Å². The summed E-state index contributed by atoms with van der Waals surface area (Å²) < 4.78 is 161. The molecule has 0 radical (unpaired) electrons. The van der Waals surface area contributed by atoms with Crippen LogP contribution in [0.4, 0.5) is 52.7 Å². The van der Waals surface area contributed by atoms with E-state index in [1.807, 2.05) is 0 Å². The van der Waals surface area contributed by atoms with Gasteiger partial charge in [-0.1, -0.05) is 19.8 Å². The van der Waals surface area contributed by atoms with Crippen molar-refractivity contribution in [3.63, 3.8) is 0 Å². The lowest BCUT2D eigenvalue weighted by Crippen LogP contribution is -2.52. The third-order valence-corrected chi connectivity index (χ3v) is 12.6. The molecule has 5 aliphatic rings. The zero-order valence-corrected chi connectivity index (χ0v) is 33.2. The number of rotatable bonds is 8. The highest BCUT2D eigenvalue weighted by atomic mass is 19.4. The highest BCUT2D eigenvalue weighted by Crippen LogP contribution is 2.48. The first-order valence-electron chi connectivity index (χ1n) is 20.8. The zero-order valence-electron chi connectivity index (χ0n) is 33.2. The van der Waals surface area contributed by atoms with Gasteiger partial charge in [-0.3, -0.25) is 19.4 Å². The summed E-state index contributed by atoms with van der Waals surface area (Å²) in [5, 5.41) is 5.50. The normalized spacial score (nSPS) is 24.6. The molecule has 0 aromatic heterocycles. The quantitative estimate of drug-likeness (QED) is 0.260. The number of nitrogens with zero attached hydrogens (tertiary/aromatic N) is 2. The van der Waals surface area contributed by atoms with Gasteiger partial charge in [0.2, 0.25) is 0 Å². The maximum atomic E-state index is 13.8. The van der Waals surface area contributed by atoms with Gasteiger partial charge in [0.25, 0.3) is 11.8 Å². The third-order valence-electron chi connectivity index (χ3n) is 12.6. The van der Waals surface area contributed by atoms with Crippen molar-refractivity contribution in [2.75, 3.05) is 26.2 Å². The molecule has 2 unspecified atom stereocenters. The predicted octanol–water partition coefficient (Wildman–Crippen LogP) is 10.8. The first kappa shape index (κ1) is 46.0. The van der Waals surface area contributed by atoms with E-state index in [-0.39, 0.29) is 53.8 Å². The van der Waals surface area contributed by atoms with Gasteiger partial charge in [0.15, 0.2) is 0 Å². The molecule has 0 spiro atoms. The van der Waals surface area contributed by atoms with Crippen molar-refractivity contribution >= 4 is 11.8 Å². The average molecular weight is 871 g/mol. The summed E-state index contributed by atoms with van der Waals surface area (Å²) in [6.07, 6.45) is -9.16. The van der Waals surface area contributed by atoms with E-state index in [4.69, 9.17) is 0 Å². The fraction of sp³-hybridized carbons (Fsp3) is 0.667. The summed E-state index contributed by atoms with van der Waals surface area (Å²) in [5.41, 5.74) is -7.48. The lowest BCUT2D eigenvalue weighted by Gasteiger charge is -2.38. The second kappa shape index (κ2) is 18.1. The van der Waals surface area contributed by atoms with Crippen molar-refractivity contribution in [3.05, 3.63) is 68.8 Å². The van der Waals surface area contributed by atoms with Gasteiger partial charge in [-0.15, -0.1) is 0 Å². The Morgan fingerprint density at radius 1 is 0.533 bits per heavy atom. The minimum Gasteiger partial charge on any atom is -0.348 e. The molecule has 0 bridgehead atoms. The molecule has 2 saturated heterocycles. The minimum absolute atomic E-state index is 0.0423. The van der Waals surface area contributed by atoms with E-state index in [0.29, 0.717) is 31.7 Å². The van der Waals surface area contributed by atoms with E-state index in [1.165, 1.54) is 6.92 Å². The molecule has 18 heteroatoms. The van der Waals surface area contributed by atoms with Gasteiger partial charge in [0.1, 0.15) is 0 Å². The van der Waals surface area contributed by atoms with Crippen LogP contribution in [0.1, 0.15) is 150 Å². The van der Waals surface area contributed by atoms with Crippen LogP contribution in [0, 0.1) is 0 Å². The SMILES string of the molecule is CCc1cc(C(F)(F)F)cc(C(F)(F)F)c1C(=O)NC1CCCC1N1CCCC1.O=C(N[C@@H]1CCCC[C@@H]1N1CCCC1)c1c(C2CC2)cc(C(F)(F)F)cc1C(F)(F)F. The first-order valence-corrected chi connectivity index (χ1v) is 20.8. The number of halogens is 12. The molecule has 2 aromatic carbocycles. The maximum absolute atomic E-state index is 13.8. The fourth-order valence-electron chi connectivity index (χ4n) is 9.55. The molecular formula is C42H50F12N4O2. The number of likely N-dealkylation sites (tertiary alicyclic amines) is 2. The smallest absolute Gasteiger partial charge is 0.348 e. The number of aryl methyl sites for hydroxylation is 1. The van der Waals surface area contributed by atoms with Gasteiger partial charge in [-0.2, -0.15) is 52.7 Å². The molecule has 2 aliphatic heterocycles. The van der Waals surface area contributed by atoms with Gasteiger partial charge in [-0.05, 0) is 145 Å². The molecule has 6 nitrogen and oxygen atoms in total. The predicted molar refractivity (Wildman–Crippen MR) is 198 cm³/mol. The number of amides is 2. The Hall–Kier alpha value is -3.54. The molecule has 2 N–H and O–H groups in total. The Bertz CT molecular complexity index is 1840. The zero-order chi connectivity index (χ0) is 43.8. The molecule has 4 atom stereocenters. The Morgan fingerprint density at radius 2 is 0.950 bits per heavy atom. The Morgan fingerprint density at radius 3 is 1.40 bits per heavy atom. The van der Waals surface area contributed by atoms with Gasteiger partial charge in [-0.25, -0.2) is 0 Å². The van der Waals surface area contributed by atoms with Gasteiger partial charge < -0.3 is 10.6 Å². The van der Waals surface area contributed by atoms with Gasteiger partial charge in [0.05, 0.1) is 33.4 Å². The van der Waals surface area contributed by atoms with Crippen LogP contribution in [-0.4, -0.2) is 72.0 Å². The van der Waals surface area contributed by atoms with E-state index < -0.39 is 75.8 Å². The summed E-state index contributed by atoms with van der Waals surface area (Å²) >= 11 is 0. The molecule has 60 heavy (non-hydrogen) atoms. The lowest BCUT2D eigenvalue weighted by atomic mass is 9.88. The average Bonchev–Trinajstić information content (AvgIpc) is 3.50. The van der Waals surface area contributed by atoms with Crippen molar-refractivity contribution in [1.29, 1.82) is 0 Å². The first-order chi connectivity index (χ1) is 28.1. The Labute approximate surface area is 340 Å². The van der Waals surface area contributed by atoms with Crippen LogP contribution in [0.25, 0.3) is 0 Å². The van der Waals surface area contributed by atoms with Crippen molar-refractivity contribution in [2.45, 2.75) is 152 Å². The molecule has 2 amide bonds. The molecule has 3 aliphatic carbocycles. The maximum Gasteiger partial charge on any atom is 0.417 e. The van der Waals surface area contributed by atoms with Gasteiger partial charge in [0, 0.05) is 24.2 Å². The Kier molecular flexibility index (Phi) is 13.8. The number of hydrogen-bond donors (Lipinski definition) is 2. The second-order valence-corrected chi connectivity index (χ2v) is 16.7. The number of benzene rings is 2. The number of alkyl halides is 12. The van der Waals surface area contributed by atoms with Crippen molar-refractivity contribution in [1.82, 2.24) is 20.4 Å². The summed E-state index contributed by atoms with van der Waals surface area (Å²) in [6, 6.07) is 1.05. The summed E-state index contributed by atoms with van der Waals surface area (Å²) in [4.78, 5) is 30.5. The van der Waals surface area contributed by atoms with E-state index in [2.05, 4.69) is 20.4 Å². The highest BCUT2D eigenvalue weighted by Gasteiger charge is 2.45. The largest absolute Gasteiger partial charge is 0.417 e. The van der Waals surface area contributed by atoms with Crippen molar-refractivity contribution in [3.8, 4) is 0 Å². The van der Waals surface area contributed by atoms with Crippen LogP contribution in [0.15, 0.2) is 24.3 Å². The molecule has 2 aromatic rings. The van der Waals surface area contributed by atoms with E-state index >= 15 is 0 Å². The number of carbonyl (C=O) groups is 2. The van der Waals surface area contributed by atoms with Crippen molar-refractivity contribution < 1.29 is 62.3 Å². The number of hydrogen-bond acceptors (Lipinski definition) is 4. The molecule has 2 heterocycles. The Balaban J connectivity index is 0.000000202. The molecular weight excluding hydrogens is 820 g/mol. The summed E-state index contributed by atoms with van der Waals surface area (Å²) in [6.45, 7) is 5.03. The fourth-order valence-corrected chi connectivity index (χ4v) is 9.55.